The molecule has 0 aliphatic rings. The first-order valence-corrected chi connectivity index (χ1v) is 10.4. The zero-order valence-corrected chi connectivity index (χ0v) is 18.0. The lowest BCUT2D eigenvalue weighted by molar-refractivity contribution is 0.0742. The highest BCUT2D eigenvalue weighted by molar-refractivity contribution is 6.04. The molecule has 0 atom stereocenters. The molecule has 0 spiro atoms. The molecular formula is C26H23N5O2. The van der Waals surface area contributed by atoms with Gasteiger partial charge in [-0.15, -0.1) is 0 Å². The summed E-state index contributed by atoms with van der Waals surface area (Å²) in [6, 6.07) is 24.3. The van der Waals surface area contributed by atoms with E-state index in [1.54, 1.807) is 59.5 Å². The highest BCUT2D eigenvalue weighted by Crippen LogP contribution is 2.17. The van der Waals surface area contributed by atoms with Gasteiger partial charge < -0.3 is 16.0 Å². The number of amides is 2. The average Bonchev–Trinajstić information content (AvgIpc) is 2.86. The molecule has 0 saturated carbocycles. The van der Waals surface area contributed by atoms with Crippen molar-refractivity contribution in [2.75, 3.05) is 18.4 Å². The lowest BCUT2D eigenvalue weighted by atomic mass is 10.1. The van der Waals surface area contributed by atoms with Crippen molar-refractivity contribution in [1.82, 2.24) is 4.90 Å². The summed E-state index contributed by atoms with van der Waals surface area (Å²) in [4.78, 5) is 27.3. The van der Waals surface area contributed by atoms with Crippen LogP contribution in [0.15, 0.2) is 72.8 Å². The summed E-state index contributed by atoms with van der Waals surface area (Å²) in [5, 5.41) is 20.7. The molecule has 164 valence electrons. The van der Waals surface area contributed by atoms with Gasteiger partial charge >= 0.3 is 0 Å². The quantitative estimate of drug-likeness (QED) is 0.556. The zero-order valence-electron chi connectivity index (χ0n) is 18.0. The van der Waals surface area contributed by atoms with E-state index in [1.165, 1.54) is 0 Å². The Labute approximate surface area is 192 Å². The number of hydrogen-bond acceptors (Lipinski definition) is 5. The molecule has 0 fully saturated rings. The van der Waals surface area contributed by atoms with Crippen molar-refractivity contribution >= 4 is 17.5 Å². The number of nitrogens with one attached hydrogen (secondary N) is 1. The van der Waals surface area contributed by atoms with E-state index in [9.17, 15) is 9.59 Å². The molecule has 3 N–H and O–H groups in total. The fraction of sp³-hybridized carbons (Fsp3) is 0.154. The first kappa shape index (κ1) is 23.2. The summed E-state index contributed by atoms with van der Waals surface area (Å²) in [7, 11) is 0. The predicted octanol–water partition coefficient (Wildman–Crippen LogP) is 3.67. The maximum absolute atomic E-state index is 13.1. The SMILES string of the molecule is N#Cc1ccc(C(=O)Nc2cccc(CN(CCCN)C(=O)c3ccc(C#N)cc3)c2)cc1. The minimum Gasteiger partial charge on any atom is -0.334 e. The fourth-order valence-electron chi connectivity index (χ4n) is 3.27. The summed E-state index contributed by atoms with van der Waals surface area (Å²) in [5.41, 5.74) is 9.03. The molecule has 0 heterocycles. The van der Waals surface area contributed by atoms with Crippen LogP contribution in [0.25, 0.3) is 0 Å². The van der Waals surface area contributed by atoms with Gasteiger partial charge in [-0.1, -0.05) is 12.1 Å². The normalized spacial score (nSPS) is 10.0. The Morgan fingerprint density at radius 2 is 1.48 bits per heavy atom. The summed E-state index contributed by atoms with van der Waals surface area (Å²) in [5.74, 6) is -0.440. The van der Waals surface area contributed by atoms with Crippen LogP contribution in [0.4, 0.5) is 5.69 Å². The summed E-state index contributed by atoms with van der Waals surface area (Å²) in [6.07, 6.45) is 0.650. The minimum atomic E-state index is -0.287. The second kappa shape index (κ2) is 11.2. The van der Waals surface area contributed by atoms with E-state index in [4.69, 9.17) is 16.3 Å². The Hall–Kier alpha value is -4.46. The van der Waals surface area contributed by atoms with Crippen LogP contribution in [0, 0.1) is 22.7 Å². The van der Waals surface area contributed by atoms with Gasteiger partial charge in [0.25, 0.3) is 11.8 Å². The average molecular weight is 438 g/mol. The van der Waals surface area contributed by atoms with Gasteiger partial charge in [0, 0.05) is 29.9 Å². The Bertz CT molecular complexity index is 1210. The van der Waals surface area contributed by atoms with Crippen molar-refractivity contribution in [3.8, 4) is 12.1 Å². The highest BCUT2D eigenvalue weighted by Gasteiger charge is 2.16. The van der Waals surface area contributed by atoms with Gasteiger partial charge in [0.1, 0.15) is 0 Å². The van der Waals surface area contributed by atoms with Crippen LogP contribution in [0.5, 0.6) is 0 Å². The molecule has 3 rings (SSSR count). The molecule has 7 heteroatoms. The lowest BCUT2D eigenvalue weighted by Crippen LogP contribution is -2.32. The molecular weight excluding hydrogens is 414 g/mol. The molecule has 0 bridgehead atoms. The third-order valence-electron chi connectivity index (χ3n) is 5.01. The molecule has 33 heavy (non-hydrogen) atoms. The molecule has 7 nitrogen and oxygen atoms in total. The Morgan fingerprint density at radius 1 is 0.879 bits per heavy atom. The van der Waals surface area contributed by atoms with E-state index in [1.807, 2.05) is 30.3 Å². The van der Waals surface area contributed by atoms with Crippen LogP contribution in [0.2, 0.25) is 0 Å². The first-order valence-electron chi connectivity index (χ1n) is 10.4. The van der Waals surface area contributed by atoms with E-state index in [2.05, 4.69) is 5.32 Å². The highest BCUT2D eigenvalue weighted by atomic mass is 16.2. The van der Waals surface area contributed by atoms with Crippen molar-refractivity contribution in [2.24, 2.45) is 5.73 Å². The Morgan fingerprint density at radius 3 is 2.06 bits per heavy atom. The van der Waals surface area contributed by atoms with Crippen molar-refractivity contribution in [3.05, 3.63) is 101 Å². The maximum Gasteiger partial charge on any atom is 0.255 e. The molecule has 0 unspecified atom stereocenters. The van der Waals surface area contributed by atoms with Crippen molar-refractivity contribution in [1.29, 1.82) is 10.5 Å². The summed E-state index contributed by atoms with van der Waals surface area (Å²) >= 11 is 0. The van der Waals surface area contributed by atoms with E-state index in [0.717, 1.165) is 5.56 Å². The number of nitriles is 2. The van der Waals surface area contributed by atoms with Crippen molar-refractivity contribution in [2.45, 2.75) is 13.0 Å². The largest absolute Gasteiger partial charge is 0.334 e. The molecule has 0 aromatic heterocycles. The van der Waals surface area contributed by atoms with Crippen LogP contribution >= 0.6 is 0 Å². The van der Waals surface area contributed by atoms with E-state index in [0.29, 0.717) is 54.0 Å². The van der Waals surface area contributed by atoms with Gasteiger partial charge in [0.2, 0.25) is 0 Å². The third kappa shape index (κ3) is 6.27. The van der Waals surface area contributed by atoms with Crippen LogP contribution in [-0.4, -0.2) is 29.8 Å². The molecule has 0 aliphatic carbocycles. The monoisotopic (exact) mass is 437 g/mol. The molecule has 3 aromatic carbocycles. The fourth-order valence-corrected chi connectivity index (χ4v) is 3.27. The molecule has 2 amide bonds. The zero-order chi connectivity index (χ0) is 23.6. The number of nitrogens with two attached hydrogens (primary N) is 1. The number of carbonyl (C=O) groups excluding carboxylic acids is 2. The summed E-state index contributed by atoms with van der Waals surface area (Å²) in [6.45, 7) is 1.29. The standard InChI is InChI=1S/C26H23N5O2/c27-13-2-14-31(26(33)23-11-7-20(17-29)8-12-23)18-21-3-1-4-24(15-21)30-25(32)22-9-5-19(16-28)6-10-22/h1,3-12,15H,2,13-14,18,27H2,(H,30,32). The van der Waals surface area contributed by atoms with Crippen LogP contribution in [0.3, 0.4) is 0 Å². The van der Waals surface area contributed by atoms with Gasteiger partial charge in [0.15, 0.2) is 0 Å². The number of anilines is 1. The van der Waals surface area contributed by atoms with E-state index in [-0.39, 0.29) is 11.8 Å². The number of hydrogen-bond donors (Lipinski definition) is 2. The van der Waals surface area contributed by atoms with Crippen LogP contribution in [-0.2, 0) is 6.54 Å². The number of rotatable bonds is 8. The van der Waals surface area contributed by atoms with Gasteiger partial charge in [-0.25, -0.2) is 0 Å². The van der Waals surface area contributed by atoms with Gasteiger partial charge in [-0.3, -0.25) is 9.59 Å². The third-order valence-corrected chi connectivity index (χ3v) is 5.01. The van der Waals surface area contributed by atoms with Crippen LogP contribution in [0.1, 0.15) is 43.8 Å². The second-order valence-electron chi connectivity index (χ2n) is 7.40. The number of nitrogens with zero attached hydrogens (tertiary/aromatic N) is 3. The topological polar surface area (TPSA) is 123 Å². The molecule has 3 aromatic rings. The van der Waals surface area contributed by atoms with Crippen molar-refractivity contribution in [3.63, 3.8) is 0 Å². The second-order valence-corrected chi connectivity index (χ2v) is 7.40. The van der Waals surface area contributed by atoms with E-state index >= 15 is 0 Å². The smallest absolute Gasteiger partial charge is 0.255 e. The summed E-state index contributed by atoms with van der Waals surface area (Å²) < 4.78 is 0. The molecule has 0 saturated heterocycles. The van der Waals surface area contributed by atoms with Crippen LogP contribution < -0.4 is 11.1 Å². The molecule has 0 radical (unpaired) electrons. The van der Waals surface area contributed by atoms with Gasteiger partial charge in [-0.2, -0.15) is 10.5 Å². The van der Waals surface area contributed by atoms with Gasteiger partial charge in [-0.05, 0) is 79.2 Å². The first-order chi connectivity index (χ1) is 16.0. The van der Waals surface area contributed by atoms with E-state index < -0.39 is 0 Å². The number of carbonyl (C=O) groups is 2. The molecule has 0 aliphatic heterocycles. The van der Waals surface area contributed by atoms with Crippen molar-refractivity contribution < 1.29 is 9.59 Å². The Balaban J connectivity index is 1.74. The Kier molecular flexibility index (Phi) is 7.91. The van der Waals surface area contributed by atoms with Gasteiger partial charge in [0.05, 0.1) is 23.3 Å². The predicted molar refractivity (Wildman–Crippen MR) is 125 cm³/mol. The maximum atomic E-state index is 13.1. The lowest BCUT2D eigenvalue weighted by Gasteiger charge is -2.23. The minimum absolute atomic E-state index is 0.153. The number of benzene rings is 3.